The van der Waals surface area contributed by atoms with Crippen LogP contribution in [0, 0.1) is 23.1 Å². The average molecular weight is 589 g/mol. The molecule has 2 fully saturated rings. The molecule has 0 spiro atoms. The summed E-state index contributed by atoms with van der Waals surface area (Å²) in [6, 6.07) is 17.0. The number of carbonyl (C=O) groups is 1. The van der Waals surface area contributed by atoms with Crippen LogP contribution in [0.15, 0.2) is 48.5 Å². The van der Waals surface area contributed by atoms with Crippen molar-refractivity contribution >= 4 is 17.5 Å². The van der Waals surface area contributed by atoms with Crippen LogP contribution < -0.4 is 16.0 Å². The molecule has 0 amide bonds. The molecular weight excluding hydrogens is 556 g/mol. The summed E-state index contributed by atoms with van der Waals surface area (Å²) in [7, 11) is 0. The second-order valence-corrected chi connectivity index (χ2v) is 10.2. The Bertz CT molecular complexity index is 1400. The number of nitrogens with one attached hydrogen (secondary N) is 1. The molecule has 5 rings (SSSR count). The first-order valence-electron chi connectivity index (χ1n) is 13.6. The van der Waals surface area contributed by atoms with E-state index >= 15 is 0 Å². The van der Waals surface area contributed by atoms with Gasteiger partial charge in [-0.2, -0.15) is 18.4 Å². The number of aliphatic carboxylic acids is 1. The highest BCUT2D eigenvalue weighted by Gasteiger charge is 2.38. The number of carboxylic acids is 1. The van der Waals surface area contributed by atoms with E-state index in [1.807, 2.05) is 29.0 Å². The number of benzene rings is 2. The molecule has 1 aliphatic carbocycles. The monoisotopic (exact) mass is 588 g/mol. The third-order valence-electron chi connectivity index (χ3n) is 7.20. The number of aromatic nitrogens is 2. The molecule has 1 aromatic heterocycles. The van der Waals surface area contributed by atoms with E-state index in [0.717, 1.165) is 81.4 Å². The predicted molar refractivity (Wildman–Crippen MR) is 149 cm³/mol. The van der Waals surface area contributed by atoms with Crippen molar-refractivity contribution in [2.45, 2.75) is 37.9 Å². The molecule has 1 saturated carbocycles. The average Bonchev–Trinajstić information content (AvgIpc) is 3.41. The van der Waals surface area contributed by atoms with E-state index in [4.69, 9.17) is 30.7 Å². The van der Waals surface area contributed by atoms with Crippen molar-refractivity contribution in [2.75, 3.05) is 43.1 Å². The van der Waals surface area contributed by atoms with Gasteiger partial charge in [-0.05, 0) is 61.6 Å². The second-order valence-electron chi connectivity index (χ2n) is 10.2. The van der Waals surface area contributed by atoms with Crippen LogP contribution in [0.3, 0.4) is 0 Å². The Hall–Kier alpha value is -4.15. The summed E-state index contributed by atoms with van der Waals surface area (Å²) < 4.78 is 53.5. The Morgan fingerprint density at radius 2 is 1.79 bits per heavy atom. The van der Waals surface area contributed by atoms with Gasteiger partial charge in [-0.15, -0.1) is 5.10 Å². The first-order chi connectivity index (χ1) is 20.0. The van der Waals surface area contributed by atoms with Crippen molar-refractivity contribution in [3.05, 3.63) is 59.9 Å². The van der Waals surface area contributed by atoms with Crippen LogP contribution in [0.4, 0.5) is 29.1 Å². The topological polar surface area (TPSA) is 129 Å². The smallest absolute Gasteiger partial charge is 0.475 e. The Labute approximate surface area is 240 Å². The van der Waals surface area contributed by atoms with Gasteiger partial charge in [0, 0.05) is 43.0 Å². The number of rotatable bonds is 6. The van der Waals surface area contributed by atoms with Crippen LogP contribution in [0.25, 0.3) is 16.9 Å². The fraction of sp³-hybridized carbons (Fsp3) is 0.414. The van der Waals surface area contributed by atoms with E-state index in [-0.39, 0.29) is 11.6 Å². The Kier molecular flexibility index (Phi) is 10.0. The summed E-state index contributed by atoms with van der Waals surface area (Å²) in [5.74, 6) is -2.03. The maximum Gasteiger partial charge on any atom is 0.490 e. The van der Waals surface area contributed by atoms with Gasteiger partial charge in [-0.3, -0.25) is 0 Å². The van der Waals surface area contributed by atoms with Crippen molar-refractivity contribution in [1.82, 2.24) is 9.78 Å². The van der Waals surface area contributed by atoms with Gasteiger partial charge in [0.05, 0.1) is 30.2 Å². The third kappa shape index (κ3) is 7.98. The molecule has 2 atom stereocenters. The van der Waals surface area contributed by atoms with Gasteiger partial charge in [-0.25, -0.2) is 13.9 Å². The van der Waals surface area contributed by atoms with Gasteiger partial charge in [0.1, 0.15) is 17.7 Å². The Balaban J connectivity index is 0.000000517. The number of hydrogen-bond donors (Lipinski definition) is 3. The van der Waals surface area contributed by atoms with E-state index in [1.54, 1.807) is 6.07 Å². The molecule has 13 heteroatoms. The van der Waals surface area contributed by atoms with E-state index in [0.29, 0.717) is 11.5 Å². The van der Waals surface area contributed by atoms with Gasteiger partial charge >= 0.3 is 12.1 Å². The summed E-state index contributed by atoms with van der Waals surface area (Å²) in [6.07, 6.45) is -0.643. The van der Waals surface area contributed by atoms with E-state index in [9.17, 15) is 17.6 Å². The van der Waals surface area contributed by atoms with Gasteiger partial charge in [0.15, 0.2) is 0 Å². The SMILES string of the molecule is N#Cc1ccc(-c2cc(NC[C@H]3CCC[C@H](N)C3)nn2-c2ccc(N3CCOCC3)cc2)cc1F.O=C(O)C(F)(F)F. The number of nitrogens with zero attached hydrogens (tertiary/aromatic N) is 4. The molecular formula is C29H32F4N6O3. The number of halogens is 4. The fourth-order valence-electron chi connectivity index (χ4n) is 5.03. The lowest BCUT2D eigenvalue weighted by Crippen LogP contribution is -2.36. The number of hydrogen-bond acceptors (Lipinski definition) is 7. The summed E-state index contributed by atoms with van der Waals surface area (Å²) in [5.41, 5.74) is 9.64. The van der Waals surface area contributed by atoms with Crippen LogP contribution in [-0.4, -0.2) is 65.9 Å². The first kappa shape index (κ1) is 30.8. The maximum absolute atomic E-state index is 14.5. The number of carboxylic acid groups (broad SMARTS) is 1. The minimum absolute atomic E-state index is 0.0293. The second kappa shape index (κ2) is 13.7. The third-order valence-corrected chi connectivity index (χ3v) is 7.20. The molecule has 0 bridgehead atoms. The number of ether oxygens (including phenoxy) is 1. The van der Waals surface area contributed by atoms with Crippen LogP contribution in [0.1, 0.15) is 31.2 Å². The molecule has 1 aliphatic heterocycles. The van der Waals surface area contributed by atoms with E-state index in [2.05, 4.69) is 22.3 Å². The zero-order valence-corrected chi connectivity index (χ0v) is 22.8. The van der Waals surface area contributed by atoms with Gasteiger partial charge in [0.2, 0.25) is 0 Å². The molecule has 2 heterocycles. The molecule has 9 nitrogen and oxygen atoms in total. The maximum atomic E-state index is 14.5. The largest absolute Gasteiger partial charge is 0.490 e. The number of morpholine rings is 1. The highest BCUT2D eigenvalue weighted by Crippen LogP contribution is 2.30. The molecule has 42 heavy (non-hydrogen) atoms. The molecule has 0 unspecified atom stereocenters. The first-order valence-corrected chi connectivity index (χ1v) is 13.6. The normalized spacial score (nSPS) is 18.9. The summed E-state index contributed by atoms with van der Waals surface area (Å²) in [6.45, 7) is 4.01. The molecule has 2 aromatic carbocycles. The van der Waals surface area contributed by atoms with Gasteiger partial charge < -0.3 is 25.8 Å². The predicted octanol–water partition coefficient (Wildman–Crippen LogP) is 4.95. The quantitative estimate of drug-likeness (QED) is 0.345. The Morgan fingerprint density at radius 1 is 1.12 bits per heavy atom. The van der Waals surface area contributed by atoms with Crippen LogP contribution >= 0.6 is 0 Å². The molecule has 0 radical (unpaired) electrons. The Morgan fingerprint density at radius 3 is 2.38 bits per heavy atom. The fourth-order valence-corrected chi connectivity index (χ4v) is 5.03. The van der Waals surface area contributed by atoms with Crippen molar-refractivity contribution in [3.63, 3.8) is 0 Å². The van der Waals surface area contributed by atoms with E-state index in [1.165, 1.54) is 12.1 Å². The lowest BCUT2D eigenvalue weighted by molar-refractivity contribution is -0.192. The zero-order valence-electron chi connectivity index (χ0n) is 22.8. The van der Waals surface area contributed by atoms with Gasteiger partial charge in [0.25, 0.3) is 0 Å². The molecule has 1 saturated heterocycles. The van der Waals surface area contributed by atoms with Crippen molar-refractivity contribution in [1.29, 1.82) is 5.26 Å². The van der Waals surface area contributed by atoms with Crippen molar-refractivity contribution in [2.24, 2.45) is 11.7 Å². The molecule has 3 aromatic rings. The zero-order chi connectivity index (χ0) is 30.3. The number of nitriles is 1. The molecule has 224 valence electrons. The van der Waals surface area contributed by atoms with E-state index < -0.39 is 18.0 Å². The summed E-state index contributed by atoms with van der Waals surface area (Å²) in [5, 5.41) is 24.6. The lowest BCUT2D eigenvalue weighted by Gasteiger charge is -2.28. The minimum Gasteiger partial charge on any atom is -0.475 e. The highest BCUT2D eigenvalue weighted by molar-refractivity contribution is 5.73. The van der Waals surface area contributed by atoms with Crippen LogP contribution in [0.5, 0.6) is 0 Å². The van der Waals surface area contributed by atoms with Crippen LogP contribution in [0.2, 0.25) is 0 Å². The summed E-state index contributed by atoms with van der Waals surface area (Å²) in [4.78, 5) is 11.2. The highest BCUT2D eigenvalue weighted by atomic mass is 19.4. The lowest BCUT2D eigenvalue weighted by atomic mass is 9.86. The molecule has 2 aliphatic rings. The summed E-state index contributed by atoms with van der Waals surface area (Å²) >= 11 is 0. The number of anilines is 2. The van der Waals surface area contributed by atoms with Gasteiger partial charge in [-0.1, -0.05) is 12.5 Å². The van der Waals surface area contributed by atoms with Crippen molar-refractivity contribution < 1.29 is 32.2 Å². The minimum atomic E-state index is -5.08. The van der Waals surface area contributed by atoms with Crippen molar-refractivity contribution in [3.8, 4) is 23.0 Å². The number of alkyl halides is 3. The number of nitrogens with two attached hydrogens (primary N) is 1. The molecule has 4 N–H and O–H groups in total. The van der Waals surface area contributed by atoms with Crippen LogP contribution in [-0.2, 0) is 9.53 Å². The standard InChI is InChI=1S/C27H31FN6O.C2HF3O2/c28-25-15-20(4-5-21(25)17-29)26-16-27(31-18-19-2-1-3-22(30)14-19)32-34(26)24-8-6-23(7-9-24)33-10-12-35-13-11-33;3-2(4,5)1(6)7/h4-9,15-16,19,22H,1-3,10-14,18,30H2,(H,31,32);(H,6,7)/t19-,22-;/m0./s1.